The zero-order valence-electron chi connectivity index (χ0n) is 11.2. The van der Waals surface area contributed by atoms with Gasteiger partial charge in [0.05, 0.1) is 5.56 Å². The summed E-state index contributed by atoms with van der Waals surface area (Å²) in [6, 6.07) is 6.49. The van der Waals surface area contributed by atoms with Crippen molar-refractivity contribution < 1.29 is 32.8 Å². The molecule has 1 aliphatic carbocycles. The molecule has 0 aromatic heterocycles. The maximum Gasteiger partial charge on any atom is 0.298 e. The molecular formula is C14H9ClO7S. The third kappa shape index (κ3) is 2.37. The maximum atomic E-state index is 12.4. The topological polar surface area (TPSA) is 129 Å². The molecule has 0 aliphatic heterocycles. The Labute approximate surface area is 136 Å². The highest BCUT2D eigenvalue weighted by molar-refractivity contribution is 7.86. The van der Waals surface area contributed by atoms with Crippen LogP contribution in [0.1, 0.15) is 31.8 Å². The van der Waals surface area contributed by atoms with Crippen molar-refractivity contribution in [3.05, 3.63) is 52.6 Å². The second-order valence-corrected chi connectivity index (χ2v) is 6.06. The smallest absolute Gasteiger partial charge is 0.298 e. The van der Waals surface area contributed by atoms with Crippen LogP contribution in [0.2, 0.25) is 0 Å². The lowest BCUT2D eigenvalue weighted by Gasteiger charge is -2.19. The van der Waals surface area contributed by atoms with E-state index in [-0.39, 0.29) is 23.5 Å². The van der Waals surface area contributed by atoms with Crippen molar-refractivity contribution in [2.45, 2.75) is 4.90 Å². The number of fused-ring (bicyclic) bond motifs is 2. The number of carbonyl (C=O) groups excluding carboxylic acids is 2. The van der Waals surface area contributed by atoms with Crippen molar-refractivity contribution in [1.82, 2.24) is 0 Å². The van der Waals surface area contributed by atoms with Gasteiger partial charge in [-0.05, 0) is 6.07 Å². The second kappa shape index (κ2) is 5.34. The molecule has 0 fully saturated rings. The van der Waals surface area contributed by atoms with E-state index in [1.54, 1.807) is 0 Å². The van der Waals surface area contributed by atoms with E-state index in [4.69, 9.17) is 4.55 Å². The largest absolute Gasteiger partial charge is 0.504 e. The number of halogens is 1. The number of benzene rings is 2. The van der Waals surface area contributed by atoms with Crippen molar-refractivity contribution in [3.8, 4) is 11.5 Å². The van der Waals surface area contributed by atoms with Gasteiger partial charge in [-0.1, -0.05) is 24.3 Å². The molecule has 120 valence electrons. The van der Waals surface area contributed by atoms with Crippen LogP contribution in [-0.2, 0) is 10.1 Å². The predicted molar refractivity (Wildman–Crippen MR) is 80.1 cm³/mol. The zero-order valence-corrected chi connectivity index (χ0v) is 12.8. The van der Waals surface area contributed by atoms with Crippen LogP contribution >= 0.6 is 12.4 Å². The van der Waals surface area contributed by atoms with Gasteiger partial charge in [0, 0.05) is 16.7 Å². The maximum absolute atomic E-state index is 12.4. The molecule has 0 bridgehead atoms. The molecule has 2 aromatic carbocycles. The van der Waals surface area contributed by atoms with Crippen molar-refractivity contribution in [2.24, 2.45) is 0 Å². The molecule has 9 heteroatoms. The number of hydrogen-bond donors (Lipinski definition) is 3. The minimum Gasteiger partial charge on any atom is -0.504 e. The summed E-state index contributed by atoms with van der Waals surface area (Å²) in [5.41, 5.74) is -0.805. The zero-order chi connectivity index (χ0) is 16.2. The van der Waals surface area contributed by atoms with E-state index in [1.165, 1.54) is 24.3 Å². The molecule has 0 unspecified atom stereocenters. The third-order valence-electron chi connectivity index (χ3n) is 3.41. The standard InChI is InChI=1S/C14H8O7S.ClH/c15-11-6-3-1-2-4-7(6)12(16)10-8(11)5-9(22(19,20)21)13(17)14(10)18;/h1-5,17-18H,(H,19,20,21);1H. The van der Waals surface area contributed by atoms with Gasteiger partial charge in [-0.15, -0.1) is 12.4 Å². The number of aromatic hydroxyl groups is 2. The fraction of sp³-hybridized carbons (Fsp3) is 0. The van der Waals surface area contributed by atoms with Crippen LogP contribution < -0.4 is 0 Å². The van der Waals surface area contributed by atoms with Crippen LogP contribution in [0.25, 0.3) is 0 Å². The lowest BCUT2D eigenvalue weighted by Crippen LogP contribution is -2.21. The summed E-state index contributed by atoms with van der Waals surface area (Å²) >= 11 is 0. The number of rotatable bonds is 1. The lowest BCUT2D eigenvalue weighted by molar-refractivity contribution is 0.0975. The number of phenols is 2. The van der Waals surface area contributed by atoms with Gasteiger partial charge in [0.25, 0.3) is 10.1 Å². The molecule has 0 radical (unpaired) electrons. The Morgan fingerprint density at radius 1 is 0.826 bits per heavy atom. The summed E-state index contributed by atoms with van der Waals surface area (Å²) in [7, 11) is -4.88. The first-order valence-corrected chi connectivity index (χ1v) is 7.42. The van der Waals surface area contributed by atoms with Crippen LogP contribution in [0.5, 0.6) is 11.5 Å². The predicted octanol–water partition coefficient (Wildman–Crippen LogP) is 1.54. The van der Waals surface area contributed by atoms with Gasteiger partial charge in [0.15, 0.2) is 23.1 Å². The van der Waals surface area contributed by atoms with Gasteiger partial charge in [-0.2, -0.15) is 8.42 Å². The van der Waals surface area contributed by atoms with Gasteiger partial charge in [-0.25, -0.2) is 0 Å². The number of carbonyl (C=O) groups is 2. The summed E-state index contributed by atoms with van der Waals surface area (Å²) in [5, 5.41) is 19.6. The van der Waals surface area contributed by atoms with Crippen molar-refractivity contribution >= 4 is 34.1 Å². The van der Waals surface area contributed by atoms with Gasteiger partial charge < -0.3 is 10.2 Å². The highest BCUT2D eigenvalue weighted by atomic mass is 35.5. The molecule has 2 aromatic rings. The fourth-order valence-corrected chi connectivity index (χ4v) is 3.01. The van der Waals surface area contributed by atoms with E-state index >= 15 is 0 Å². The summed E-state index contributed by atoms with van der Waals surface area (Å²) < 4.78 is 31.5. The van der Waals surface area contributed by atoms with Gasteiger partial charge in [-0.3, -0.25) is 14.1 Å². The number of ketones is 2. The van der Waals surface area contributed by atoms with E-state index in [1.807, 2.05) is 0 Å². The van der Waals surface area contributed by atoms with Gasteiger partial charge in [0.1, 0.15) is 4.90 Å². The SMILES string of the molecule is Cl.O=C1c2ccccc2C(=O)c2c1cc(S(=O)(=O)O)c(O)c2O. The van der Waals surface area contributed by atoms with Crippen molar-refractivity contribution in [2.75, 3.05) is 0 Å². The van der Waals surface area contributed by atoms with E-state index in [0.717, 1.165) is 0 Å². The van der Waals surface area contributed by atoms with Crippen LogP contribution in [0.3, 0.4) is 0 Å². The first-order chi connectivity index (χ1) is 10.2. The molecule has 3 N–H and O–H groups in total. The lowest BCUT2D eigenvalue weighted by atomic mass is 9.83. The molecule has 1 aliphatic rings. The fourth-order valence-electron chi connectivity index (χ4n) is 2.40. The highest BCUT2D eigenvalue weighted by Gasteiger charge is 2.36. The monoisotopic (exact) mass is 356 g/mol. The Bertz CT molecular complexity index is 963. The molecule has 0 heterocycles. The van der Waals surface area contributed by atoms with Crippen LogP contribution in [0, 0.1) is 0 Å². The summed E-state index contributed by atoms with van der Waals surface area (Å²) in [5.74, 6) is -3.65. The Morgan fingerprint density at radius 3 is 1.87 bits per heavy atom. The Hall–Kier alpha value is -2.42. The van der Waals surface area contributed by atoms with Crippen molar-refractivity contribution in [3.63, 3.8) is 0 Å². The normalized spacial score (nSPS) is 13.1. The minimum atomic E-state index is -4.88. The van der Waals surface area contributed by atoms with E-state index in [2.05, 4.69) is 0 Å². The molecule has 0 spiro atoms. The molecule has 0 saturated carbocycles. The quantitative estimate of drug-likeness (QED) is 0.445. The summed E-state index contributed by atoms with van der Waals surface area (Å²) in [6.07, 6.45) is 0. The summed E-state index contributed by atoms with van der Waals surface area (Å²) in [4.78, 5) is 23.7. The summed E-state index contributed by atoms with van der Waals surface area (Å²) in [6.45, 7) is 0. The van der Waals surface area contributed by atoms with E-state index < -0.39 is 49.2 Å². The molecular weight excluding hydrogens is 348 g/mol. The molecule has 0 amide bonds. The average Bonchev–Trinajstić information content (AvgIpc) is 2.46. The number of hydrogen-bond acceptors (Lipinski definition) is 6. The van der Waals surface area contributed by atoms with Gasteiger partial charge in [0.2, 0.25) is 0 Å². The van der Waals surface area contributed by atoms with Crippen LogP contribution in [0.4, 0.5) is 0 Å². The Balaban J connectivity index is 0.00000192. The molecule has 23 heavy (non-hydrogen) atoms. The molecule has 0 atom stereocenters. The Kier molecular flexibility index (Phi) is 3.93. The molecule has 3 rings (SSSR count). The van der Waals surface area contributed by atoms with E-state index in [9.17, 15) is 28.2 Å². The third-order valence-corrected chi connectivity index (χ3v) is 4.27. The first-order valence-electron chi connectivity index (χ1n) is 5.98. The van der Waals surface area contributed by atoms with Crippen LogP contribution in [0.15, 0.2) is 35.2 Å². The van der Waals surface area contributed by atoms with E-state index in [0.29, 0.717) is 6.07 Å². The Morgan fingerprint density at radius 2 is 1.35 bits per heavy atom. The second-order valence-electron chi connectivity index (χ2n) is 4.67. The van der Waals surface area contributed by atoms with Gasteiger partial charge >= 0.3 is 0 Å². The molecule has 0 saturated heterocycles. The number of phenolic OH excluding ortho intramolecular Hbond substituents is 2. The highest BCUT2D eigenvalue weighted by Crippen LogP contribution is 2.42. The van der Waals surface area contributed by atoms with Crippen molar-refractivity contribution in [1.29, 1.82) is 0 Å². The minimum absolute atomic E-state index is 0. The van der Waals surface area contributed by atoms with Crippen LogP contribution in [-0.4, -0.2) is 34.8 Å². The molecule has 7 nitrogen and oxygen atoms in total. The average molecular weight is 357 g/mol. The first kappa shape index (κ1) is 16.9.